The molecular weight excluding hydrogens is 212 g/mol. The number of nitrogens with one attached hydrogen (secondary N) is 1. The second kappa shape index (κ2) is 5.85. The van der Waals surface area contributed by atoms with E-state index in [-0.39, 0.29) is 5.60 Å². The van der Waals surface area contributed by atoms with Crippen molar-refractivity contribution in [2.75, 3.05) is 19.7 Å². The summed E-state index contributed by atoms with van der Waals surface area (Å²) >= 11 is 0. The minimum atomic E-state index is -0.246. The highest BCUT2D eigenvalue weighted by Gasteiger charge is 2.39. The van der Waals surface area contributed by atoms with E-state index >= 15 is 0 Å². The summed E-state index contributed by atoms with van der Waals surface area (Å²) in [6.45, 7) is 4.91. The molecule has 98 valence electrons. The number of hydrogen-bond acceptors (Lipinski definition) is 2. The van der Waals surface area contributed by atoms with Crippen LogP contribution in [0.15, 0.2) is 0 Å². The van der Waals surface area contributed by atoms with E-state index in [1.807, 2.05) is 0 Å². The first-order valence-electron chi connectivity index (χ1n) is 7.26. The zero-order valence-electron chi connectivity index (χ0n) is 11.1. The van der Waals surface area contributed by atoms with Crippen molar-refractivity contribution in [1.29, 1.82) is 5.41 Å². The summed E-state index contributed by atoms with van der Waals surface area (Å²) in [7, 11) is 0. The molecule has 1 aliphatic heterocycles. The Labute approximate surface area is 105 Å². The van der Waals surface area contributed by atoms with Crippen LogP contribution in [0, 0.1) is 5.41 Å². The molecule has 0 atom stereocenters. The lowest BCUT2D eigenvalue weighted by Crippen LogP contribution is -2.52. The molecule has 0 amide bonds. The Morgan fingerprint density at radius 3 is 2.24 bits per heavy atom. The maximum absolute atomic E-state index is 8.53. The number of ether oxygens (including phenoxy) is 1. The van der Waals surface area contributed by atoms with Crippen molar-refractivity contribution in [3.05, 3.63) is 0 Å². The molecule has 1 N–H and O–H groups in total. The van der Waals surface area contributed by atoms with E-state index < -0.39 is 0 Å². The quantitative estimate of drug-likeness (QED) is 0.605. The number of rotatable bonds is 3. The van der Waals surface area contributed by atoms with Crippen LogP contribution in [0.25, 0.3) is 0 Å². The van der Waals surface area contributed by atoms with E-state index in [1.165, 1.54) is 38.5 Å². The van der Waals surface area contributed by atoms with Crippen LogP contribution in [0.4, 0.5) is 0 Å². The molecule has 0 aromatic heterocycles. The molecule has 1 saturated carbocycles. The Hall–Kier alpha value is -0.570. The molecule has 3 heteroatoms. The molecule has 0 aromatic rings. The second-order valence-electron chi connectivity index (χ2n) is 5.38. The van der Waals surface area contributed by atoms with E-state index in [0.29, 0.717) is 0 Å². The number of hydrogen-bond donors (Lipinski definition) is 1. The summed E-state index contributed by atoms with van der Waals surface area (Å²) < 4.78 is 6.02. The van der Waals surface area contributed by atoms with Crippen LogP contribution in [0.5, 0.6) is 0 Å². The van der Waals surface area contributed by atoms with Gasteiger partial charge in [0.2, 0.25) is 0 Å². The molecule has 0 unspecified atom stereocenters. The summed E-state index contributed by atoms with van der Waals surface area (Å²) in [5.74, 6) is 0.777. The van der Waals surface area contributed by atoms with Gasteiger partial charge in [0.25, 0.3) is 0 Å². The summed E-state index contributed by atoms with van der Waals surface area (Å²) in [5.41, 5.74) is -0.246. The van der Waals surface area contributed by atoms with Crippen LogP contribution in [-0.2, 0) is 4.74 Å². The Morgan fingerprint density at radius 1 is 1.06 bits per heavy atom. The lowest BCUT2D eigenvalue weighted by molar-refractivity contribution is -0.0210. The number of nitrogens with zero attached hydrogens (tertiary/aromatic N) is 1. The highest BCUT2D eigenvalue weighted by molar-refractivity contribution is 5.88. The summed E-state index contributed by atoms with van der Waals surface area (Å²) in [5, 5.41) is 8.53. The van der Waals surface area contributed by atoms with Gasteiger partial charge in [-0.3, -0.25) is 5.41 Å². The van der Waals surface area contributed by atoms with Gasteiger partial charge in [0.05, 0.1) is 0 Å². The Bertz CT molecular complexity index is 247. The van der Waals surface area contributed by atoms with E-state index in [1.54, 1.807) is 0 Å². The lowest BCUT2D eigenvalue weighted by atomic mass is 9.82. The smallest absolute Gasteiger partial charge is 0.129 e. The van der Waals surface area contributed by atoms with Gasteiger partial charge < -0.3 is 9.64 Å². The Kier molecular flexibility index (Phi) is 4.43. The van der Waals surface area contributed by atoms with Gasteiger partial charge in [-0.1, -0.05) is 19.3 Å². The van der Waals surface area contributed by atoms with Crippen molar-refractivity contribution in [2.24, 2.45) is 0 Å². The van der Waals surface area contributed by atoms with E-state index in [2.05, 4.69) is 11.8 Å². The summed E-state index contributed by atoms with van der Waals surface area (Å²) in [4.78, 5) is 2.27. The minimum Gasteiger partial charge on any atom is -0.367 e. The maximum atomic E-state index is 8.53. The molecule has 0 aromatic carbocycles. The highest BCUT2D eigenvalue weighted by atomic mass is 16.5. The first kappa shape index (κ1) is 12.9. The van der Waals surface area contributed by atoms with Crippen molar-refractivity contribution in [1.82, 2.24) is 4.90 Å². The molecule has 1 heterocycles. The first-order valence-corrected chi connectivity index (χ1v) is 7.26. The molecule has 2 fully saturated rings. The summed E-state index contributed by atoms with van der Waals surface area (Å²) in [6, 6.07) is 0. The minimum absolute atomic E-state index is 0.246. The van der Waals surface area contributed by atoms with Gasteiger partial charge in [-0.05, 0) is 39.0 Å². The number of amidine groups is 1. The van der Waals surface area contributed by atoms with E-state index in [0.717, 1.165) is 38.4 Å². The largest absolute Gasteiger partial charge is 0.367 e. The van der Waals surface area contributed by atoms with E-state index in [4.69, 9.17) is 10.1 Å². The third-order valence-corrected chi connectivity index (χ3v) is 4.19. The van der Waals surface area contributed by atoms with Crippen LogP contribution in [-0.4, -0.2) is 36.0 Å². The standard InChI is InChI=1S/C14H26N2O/c1-2-17-14(9-5-3-6-10-14)13(15)16-11-7-4-8-12-16/h15H,2-12H2,1H3. The highest BCUT2D eigenvalue weighted by Crippen LogP contribution is 2.34. The van der Waals surface area contributed by atoms with Gasteiger partial charge in [-0.15, -0.1) is 0 Å². The molecule has 2 rings (SSSR count). The zero-order chi connectivity index (χ0) is 12.1. The molecule has 0 spiro atoms. The van der Waals surface area contributed by atoms with Crippen LogP contribution in [0.2, 0.25) is 0 Å². The zero-order valence-corrected chi connectivity index (χ0v) is 11.1. The fourth-order valence-electron chi connectivity index (χ4n) is 3.25. The van der Waals surface area contributed by atoms with Gasteiger partial charge in [-0.2, -0.15) is 0 Å². The van der Waals surface area contributed by atoms with Crippen molar-refractivity contribution >= 4 is 5.84 Å². The van der Waals surface area contributed by atoms with Crippen LogP contribution < -0.4 is 0 Å². The molecule has 2 aliphatic rings. The third kappa shape index (κ3) is 2.82. The molecule has 0 bridgehead atoms. The third-order valence-electron chi connectivity index (χ3n) is 4.19. The molecule has 0 radical (unpaired) electrons. The number of piperidine rings is 1. The normalized spacial score (nSPS) is 24.6. The van der Waals surface area contributed by atoms with Crippen molar-refractivity contribution < 1.29 is 4.74 Å². The number of likely N-dealkylation sites (tertiary alicyclic amines) is 1. The fraction of sp³-hybridized carbons (Fsp3) is 0.929. The van der Waals surface area contributed by atoms with Crippen molar-refractivity contribution in [2.45, 2.75) is 63.9 Å². The second-order valence-corrected chi connectivity index (χ2v) is 5.38. The Morgan fingerprint density at radius 2 is 1.65 bits per heavy atom. The van der Waals surface area contributed by atoms with Gasteiger partial charge >= 0.3 is 0 Å². The van der Waals surface area contributed by atoms with Gasteiger partial charge in [0.15, 0.2) is 0 Å². The molecule has 17 heavy (non-hydrogen) atoms. The van der Waals surface area contributed by atoms with Gasteiger partial charge in [0, 0.05) is 19.7 Å². The fourth-order valence-corrected chi connectivity index (χ4v) is 3.25. The van der Waals surface area contributed by atoms with Crippen molar-refractivity contribution in [3.63, 3.8) is 0 Å². The van der Waals surface area contributed by atoms with Crippen LogP contribution in [0.3, 0.4) is 0 Å². The molecule has 1 saturated heterocycles. The first-order chi connectivity index (χ1) is 8.28. The van der Waals surface area contributed by atoms with Gasteiger partial charge in [-0.25, -0.2) is 0 Å². The predicted molar refractivity (Wildman–Crippen MR) is 70.6 cm³/mol. The molecular formula is C14H26N2O. The molecule has 3 nitrogen and oxygen atoms in total. The average molecular weight is 238 g/mol. The molecule has 1 aliphatic carbocycles. The average Bonchev–Trinajstić information content (AvgIpc) is 2.40. The predicted octanol–water partition coefficient (Wildman–Crippen LogP) is 3.19. The Balaban J connectivity index is 2.05. The SMILES string of the molecule is CCOC1(C(=N)N2CCCCC2)CCCCC1. The van der Waals surface area contributed by atoms with Crippen LogP contribution >= 0.6 is 0 Å². The topological polar surface area (TPSA) is 36.3 Å². The lowest BCUT2D eigenvalue weighted by Gasteiger charge is -2.43. The summed E-state index contributed by atoms with van der Waals surface area (Å²) in [6.07, 6.45) is 9.65. The van der Waals surface area contributed by atoms with Gasteiger partial charge in [0.1, 0.15) is 11.4 Å². The van der Waals surface area contributed by atoms with Crippen LogP contribution in [0.1, 0.15) is 58.3 Å². The monoisotopic (exact) mass is 238 g/mol. The maximum Gasteiger partial charge on any atom is 0.129 e. The van der Waals surface area contributed by atoms with Crippen molar-refractivity contribution in [3.8, 4) is 0 Å². The van der Waals surface area contributed by atoms with E-state index in [9.17, 15) is 0 Å².